The Labute approximate surface area is 89.1 Å². The molecule has 0 saturated carbocycles. The molecule has 80 valence electrons. The molecule has 0 spiro atoms. The van der Waals surface area contributed by atoms with Crippen molar-refractivity contribution in [3.05, 3.63) is 29.8 Å². The second-order valence-corrected chi connectivity index (χ2v) is 3.85. The number of hydrogen-bond donors (Lipinski definition) is 2. The van der Waals surface area contributed by atoms with E-state index in [0.717, 1.165) is 30.5 Å². The summed E-state index contributed by atoms with van der Waals surface area (Å²) in [5, 5.41) is 11.6. The Morgan fingerprint density at radius 2 is 2.07 bits per heavy atom. The van der Waals surface area contributed by atoms with Crippen molar-refractivity contribution in [3.63, 3.8) is 0 Å². The van der Waals surface area contributed by atoms with E-state index in [4.69, 9.17) is 5.11 Å². The molecule has 0 aliphatic carbocycles. The fourth-order valence-electron chi connectivity index (χ4n) is 2.02. The predicted molar refractivity (Wildman–Crippen MR) is 58.7 cm³/mol. The van der Waals surface area contributed by atoms with Gasteiger partial charge >= 0.3 is 0 Å². The van der Waals surface area contributed by atoms with Crippen molar-refractivity contribution in [2.75, 3.05) is 11.9 Å². The molecule has 0 unspecified atom stereocenters. The fraction of sp³-hybridized carbons (Fsp3) is 0.417. The van der Waals surface area contributed by atoms with Crippen molar-refractivity contribution in [1.82, 2.24) is 0 Å². The number of aliphatic hydroxyl groups is 1. The van der Waals surface area contributed by atoms with Gasteiger partial charge < -0.3 is 10.4 Å². The Morgan fingerprint density at radius 1 is 1.27 bits per heavy atom. The van der Waals surface area contributed by atoms with Crippen molar-refractivity contribution in [3.8, 4) is 0 Å². The maximum Gasteiger partial charge on any atom is 0.232 e. The Bertz CT molecular complexity index is 362. The van der Waals surface area contributed by atoms with Gasteiger partial charge in [-0.05, 0) is 24.5 Å². The van der Waals surface area contributed by atoms with Gasteiger partial charge in [-0.2, -0.15) is 0 Å². The van der Waals surface area contributed by atoms with Crippen LogP contribution >= 0.6 is 0 Å². The monoisotopic (exact) mass is 205 g/mol. The number of benzene rings is 1. The topological polar surface area (TPSA) is 49.3 Å². The lowest BCUT2D eigenvalue weighted by Gasteiger charge is -2.07. The van der Waals surface area contributed by atoms with Gasteiger partial charge in [-0.25, -0.2) is 0 Å². The Morgan fingerprint density at radius 3 is 2.87 bits per heavy atom. The summed E-state index contributed by atoms with van der Waals surface area (Å²) >= 11 is 0. The van der Waals surface area contributed by atoms with Gasteiger partial charge in [-0.15, -0.1) is 0 Å². The van der Waals surface area contributed by atoms with Gasteiger partial charge in [0.25, 0.3) is 0 Å². The zero-order chi connectivity index (χ0) is 10.7. The molecule has 1 atom stereocenters. The van der Waals surface area contributed by atoms with E-state index in [9.17, 15) is 4.79 Å². The molecule has 1 aliphatic rings. The van der Waals surface area contributed by atoms with Gasteiger partial charge in [0.05, 0.1) is 5.92 Å². The molecular formula is C12H15NO2. The summed E-state index contributed by atoms with van der Waals surface area (Å²) in [7, 11) is 0. The fourth-order valence-corrected chi connectivity index (χ4v) is 2.02. The van der Waals surface area contributed by atoms with Crippen LogP contribution in [0.1, 0.15) is 30.7 Å². The molecule has 1 heterocycles. The molecule has 0 radical (unpaired) electrons. The molecule has 1 aliphatic heterocycles. The Hall–Kier alpha value is -1.35. The molecule has 2 N–H and O–H groups in total. The van der Waals surface area contributed by atoms with Gasteiger partial charge in [0, 0.05) is 12.3 Å². The van der Waals surface area contributed by atoms with Crippen molar-refractivity contribution < 1.29 is 9.90 Å². The van der Waals surface area contributed by atoms with Gasteiger partial charge in [0.1, 0.15) is 0 Å². The Balaban J connectivity index is 2.08. The average molecular weight is 205 g/mol. The summed E-state index contributed by atoms with van der Waals surface area (Å²) in [5.41, 5.74) is 2.04. The van der Waals surface area contributed by atoms with Crippen LogP contribution in [0, 0.1) is 0 Å². The summed E-state index contributed by atoms with van der Waals surface area (Å²) in [6.45, 7) is 0.204. The van der Waals surface area contributed by atoms with Gasteiger partial charge in [0.2, 0.25) is 5.91 Å². The van der Waals surface area contributed by atoms with Crippen LogP contribution in [0.25, 0.3) is 0 Å². The summed E-state index contributed by atoms with van der Waals surface area (Å²) in [6, 6.07) is 7.81. The summed E-state index contributed by atoms with van der Waals surface area (Å²) in [5.74, 6) is 0.0712. The number of para-hydroxylation sites is 1. The van der Waals surface area contributed by atoms with Crippen LogP contribution in [-0.4, -0.2) is 17.6 Å². The number of hydrogen-bond acceptors (Lipinski definition) is 2. The molecule has 3 heteroatoms. The third-order valence-electron chi connectivity index (χ3n) is 2.81. The third-order valence-corrected chi connectivity index (χ3v) is 2.81. The summed E-state index contributed by atoms with van der Waals surface area (Å²) in [4.78, 5) is 11.7. The van der Waals surface area contributed by atoms with Crippen molar-refractivity contribution in [2.24, 2.45) is 0 Å². The standard InChI is InChI=1S/C12H15NO2/c14-8-4-3-6-10-9-5-1-2-7-11(9)13-12(10)15/h1-2,5,7,10,14H,3-4,6,8H2,(H,13,15)/t10-/m1/s1. The number of amides is 1. The van der Waals surface area contributed by atoms with Crippen molar-refractivity contribution in [2.45, 2.75) is 25.2 Å². The zero-order valence-electron chi connectivity index (χ0n) is 8.57. The van der Waals surface area contributed by atoms with E-state index in [1.807, 2.05) is 24.3 Å². The largest absolute Gasteiger partial charge is 0.396 e. The Kier molecular flexibility index (Phi) is 3.02. The molecular weight excluding hydrogens is 190 g/mol. The summed E-state index contributed by atoms with van der Waals surface area (Å²) in [6.07, 6.45) is 2.48. The smallest absolute Gasteiger partial charge is 0.232 e. The first kappa shape index (κ1) is 10.2. The van der Waals surface area contributed by atoms with Crippen LogP contribution in [0.5, 0.6) is 0 Å². The molecule has 0 bridgehead atoms. The number of unbranched alkanes of at least 4 members (excludes halogenated alkanes) is 1. The molecule has 0 saturated heterocycles. The molecule has 0 fully saturated rings. The molecule has 2 rings (SSSR count). The van der Waals surface area contributed by atoms with E-state index in [1.165, 1.54) is 0 Å². The number of carbonyl (C=O) groups is 1. The minimum Gasteiger partial charge on any atom is -0.396 e. The molecule has 1 aromatic rings. The van der Waals surface area contributed by atoms with Crippen molar-refractivity contribution in [1.29, 1.82) is 0 Å². The normalized spacial score (nSPS) is 18.7. The van der Waals surface area contributed by atoms with E-state index in [-0.39, 0.29) is 18.4 Å². The third kappa shape index (κ3) is 2.02. The van der Waals surface area contributed by atoms with E-state index in [2.05, 4.69) is 5.32 Å². The lowest BCUT2D eigenvalue weighted by atomic mass is 9.95. The first-order valence-electron chi connectivity index (χ1n) is 5.33. The van der Waals surface area contributed by atoms with E-state index < -0.39 is 0 Å². The van der Waals surface area contributed by atoms with Crippen molar-refractivity contribution >= 4 is 11.6 Å². The first-order chi connectivity index (χ1) is 7.33. The average Bonchev–Trinajstić information content (AvgIpc) is 2.56. The maximum absolute atomic E-state index is 11.7. The molecule has 15 heavy (non-hydrogen) atoms. The number of rotatable bonds is 4. The highest BCUT2D eigenvalue weighted by atomic mass is 16.2. The first-order valence-corrected chi connectivity index (χ1v) is 5.33. The van der Waals surface area contributed by atoms with Gasteiger partial charge in [-0.1, -0.05) is 24.6 Å². The molecule has 1 aromatic carbocycles. The number of fused-ring (bicyclic) bond motifs is 1. The van der Waals surface area contributed by atoms with Crippen LogP contribution < -0.4 is 5.32 Å². The highest BCUT2D eigenvalue weighted by Gasteiger charge is 2.29. The van der Waals surface area contributed by atoms with Crippen LogP contribution in [0.2, 0.25) is 0 Å². The van der Waals surface area contributed by atoms with E-state index in [1.54, 1.807) is 0 Å². The van der Waals surface area contributed by atoms with Crippen LogP contribution in [0.3, 0.4) is 0 Å². The van der Waals surface area contributed by atoms with Gasteiger partial charge in [-0.3, -0.25) is 4.79 Å². The second-order valence-electron chi connectivity index (χ2n) is 3.85. The lowest BCUT2D eigenvalue weighted by Crippen LogP contribution is -2.12. The van der Waals surface area contributed by atoms with Crippen LogP contribution in [-0.2, 0) is 4.79 Å². The lowest BCUT2D eigenvalue weighted by molar-refractivity contribution is -0.117. The van der Waals surface area contributed by atoms with Crippen LogP contribution in [0.4, 0.5) is 5.69 Å². The summed E-state index contributed by atoms with van der Waals surface area (Å²) < 4.78 is 0. The number of aliphatic hydroxyl groups excluding tert-OH is 1. The zero-order valence-corrected chi connectivity index (χ0v) is 8.57. The van der Waals surface area contributed by atoms with E-state index >= 15 is 0 Å². The highest BCUT2D eigenvalue weighted by Crippen LogP contribution is 2.35. The number of nitrogens with one attached hydrogen (secondary N) is 1. The molecule has 0 aromatic heterocycles. The number of carbonyl (C=O) groups excluding carboxylic acids is 1. The second kappa shape index (κ2) is 4.45. The van der Waals surface area contributed by atoms with Crippen LogP contribution in [0.15, 0.2) is 24.3 Å². The quantitative estimate of drug-likeness (QED) is 0.737. The highest BCUT2D eigenvalue weighted by molar-refractivity contribution is 6.02. The maximum atomic E-state index is 11.7. The predicted octanol–water partition coefficient (Wildman–Crippen LogP) is 1.88. The minimum absolute atomic E-state index is 0.0206. The number of anilines is 1. The van der Waals surface area contributed by atoms with Gasteiger partial charge in [0.15, 0.2) is 0 Å². The molecule has 1 amide bonds. The molecule has 3 nitrogen and oxygen atoms in total. The minimum atomic E-state index is -0.0206. The SMILES string of the molecule is O=C1Nc2ccccc2[C@H]1CCCCO. The van der Waals surface area contributed by atoms with E-state index in [0.29, 0.717) is 0 Å².